The number of hydrogen-bond acceptors (Lipinski definition) is 6. The summed E-state index contributed by atoms with van der Waals surface area (Å²) in [4.78, 5) is 34.6. The summed E-state index contributed by atoms with van der Waals surface area (Å²) in [6.07, 6.45) is 2.28. The molecule has 0 aliphatic rings. The average molecular weight is 390 g/mol. The minimum Gasteiger partial charge on any atom is -0.455 e. The Balaban J connectivity index is 2.06. The Morgan fingerprint density at radius 1 is 1.04 bits per heavy atom. The van der Waals surface area contributed by atoms with Crippen molar-refractivity contribution in [3.63, 3.8) is 0 Å². The molecule has 0 aliphatic carbocycles. The van der Waals surface area contributed by atoms with Gasteiger partial charge in [-0.05, 0) is 18.4 Å². The van der Waals surface area contributed by atoms with Crippen LogP contribution in [0.5, 0.6) is 0 Å². The van der Waals surface area contributed by atoms with Crippen molar-refractivity contribution in [3.05, 3.63) is 35.9 Å². The summed E-state index contributed by atoms with van der Waals surface area (Å²) in [5.41, 5.74) is 0.848. The zero-order valence-corrected chi connectivity index (χ0v) is 16.0. The molecular formula is C16H23NO4S3. The molecule has 5 nitrogen and oxygen atoms in total. The number of amides is 1. The van der Waals surface area contributed by atoms with E-state index in [1.807, 2.05) is 30.3 Å². The van der Waals surface area contributed by atoms with Crippen molar-refractivity contribution in [2.24, 2.45) is 0 Å². The van der Waals surface area contributed by atoms with Crippen molar-refractivity contribution in [2.45, 2.75) is 32.3 Å². The highest BCUT2D eigenvalue weighted by molar-refractivity contribution is 9.09. The lowest BCUT2D eigenvalue weighted by Crippen LogP contribution is -2.26. The van der Waals surface area contributed by atoms with E-state index < -0.39 is 20.7 Å². The molecule has 0 saturated heterocycles. The van der Waals surface area contributed by atoms with Crippen LogP contribution in [0.4, 0.5) is 0 Å². The molecule has 1 aromatic rings. The van der Waals surface area contributed by atoms with Gasteiger partial charge >= 0.3 is 5.97 Å². The van der Waals surface area contributed by atoms with Crippen LogP contribution in [0.15, 0.2) is 30.3 Å². The first-order valence-electron chi connectivity index (χ1n) is 7.65. The molecule has 0 bridgehead atoms. The number of ether oxygens (including phenoxy) is 1. The maximum Gasteiger partial charge on any atom is 0.374 e. The number of esters is 1. The molecule has 0 spiro atoms. The summed E-state index contributed by atoms with van der Waals surface area (Å²) in [7, 11) is -0.823. The first-order chi connectivity index (χ1) is 11.5. The van der Waals surface area contributed by atoms with Crippen molar-refractivity contribution in [1.82, 2.24) is 5.32 Å². The molecule has 24 heavy (non-hydrogen) atoms. The van der Waals surface area contributed by atoms with Crippen LogP contribution in [-0.2, 0) is 25.7 Å². The Kier molecular flexibility index (Phi) is 10.7. The molecule has 1 rings (SSSR count). The number of unbranched alkanes of at least 4 members (excludes halogenated alkanes) is 2. The molecule has 0 heterocycles. The summed E-state index contributed by atoms with van der Waals surface area (Å²) in [6.45, 7) is 0.659. The van der Waals surface area contributed by atoms with Gasteiger partial charge in [-0.3, -0.25) is 9.59 Å². The van der Waals surface area contributed by atoms with Gasteiger partial charge in [0.1, 0.15) is 6.61 Å². The summed E-state index contributed by atoms with van der Waals surface area (Å²) in [6, 6.07) is 9.22. The standard InChI is InChI=1S/C16H23NO4S3/c18-14(16(20)21-11-13-7-3-1-4-8-13)9-5-2-6-10-17-15(19)12-24(22)23/h1,3-4,7-8,22-24H,2,5-6,9-12H2,(H,17,19). The molecule has 1 N–H and O–H groups in total. The first kappa shape index (κ1) is 20.9. The summed E-state index contributed by atoms with van der Waals surface area (Å²) >= 11 is 8.17. The van der Waals surface area contributed by atoms with Crippen LogP contribution in [0.25, 0.3) is 0 Å². The first-order valence-corrected chi connectivity index (χ1v) is 11.5. The van der Waals surface area contributed by atoms with Crippen LogP contribution in [0.2, 0.25) is 0 Å². The summed E-state index contributed by atoms with van der Waals surface area (Å²) < 4.78 is 4.98. The third-order valence-corrected chi connectivity index (χ3v) is 4.55. The van der Waals surface area contributed by atoms with Crippen LogP contribution >= 0.6 is 32.3 Å². The van der Waals surface area contributed by atoms with E-state index in [9.17, 15) is 14.4 Å². The van der Waals surface area contributed by atoms with Crippen LogP contribution < -0.4 is 5.32 Å². The van der Waals surface area contributed by atoms with Crippen LogP contribution in [0.1, 0.15) is 31.2 Å². The Hall–Kier alpha value is -1.12. The van der Waals surface area contributed by atoms with Gasteiger partial charge in [0.05, 0.1) is 5.75 Å². The number of nitrogens with one attached hydrogen (secondary N) is 1. The molecule has 0 saturated carbocycles. The van der Waals surface area contributed by atoms with E-state index in [1.165, 1.54) is 0 Å². The van der Waals surface area contributed by atoms with E-state index in [0.717, 1.165) is 18.4 Å². The number of thiol groups is 3. The van der Waals surface area contributed by atoms with E-state index in [1.54, 1.807) is 0 Å². The summed E-state index contributed by atoms with van der Waals surface area (Å²) in [5, 5.41) is 2.77. The third-order valence-electron chi connectivity index (χ3n) is 3.13. The molecule has 1 aromatic carbocycles. The number of Topliss-reactive ketones (excluding diaryl/α,β-unsaturated/α-hetero) is 1. The maximum atomic E-state index is 11.7. The van der Waals surface area contributed by atoms with Crippen molar-refractivity contribution in [2.75, 3.05) is 12.3 Å². The molecule has 0 aromatic heterocycles. The number of carbonyl (C=O) groups excluding carboxylic acids is 3. The number of carbonyl (C=O) groups is 3. The fourth-order valence-electron chi connectivity index (χ4n) is 1.91. The SMILES string of the molecule is O=C(C[SH](S)S)NCCCCCC(=O)C(=O)OCc1ccccc1. The largest absolute Gasteiger partial charge is 0.455 e. The van der Waals surface area contributed by atoms with Gasteiger partial charge in [0.15, 0.2) is 0 Å². The van der Waals surface area contributed by atoms with Crippen molar-refractivity contribution < 1.29 is 19.1 Å². The van der Waals surface area contributed by atoms with Crippen molar-refractivity contribution in [1.29, 1.82) is 0 Å². The van der Waals surface area contributed by atoms with Gasteiger partial charge in [0.25, 0.3) is 0 Å². The molecule has 0 radical (unpaired) electrons. The van der Waals surface area contributed by atoms with Gasteiger partial charge in [-0.15, -0.1) is 23.3 Å². The van der Waals surface area contributed by atoms with Gasteiger partial charge < -0.3 is 10.1 Å². The molecular weight excluding hydrogens is 366 g/mol. The second-order valence-electron chi connectivity index (χ2n) is 5.18. The molecule has 0 aliphatic heterocycles. The highest BCUT2D eigenvalue weighted by Gasteiger charge is 2.14. The fourth-order valence-corrected chi connectivity index (χ4v) is 3.04. The predicted octanol–water partition coefficient (Wildman–Crippen LogP) is 2.67. The lowest BCUT2D eigenvalue weighted by atomic mass is 10.1. The van der Waals surface area contributed by atoms with Gasteiger partial charge in [-0.25, -0.2) is 4.79 Å². The third kappa shape index (κ3) is 9.89. The zero-order chi connectivity index (χ0) is 17.8. The van der Waals surface area contributed by atoms with E-state index in [4.69, 9.17) is 4.74 Å². The lowest BCUT2D eigenvalue weighted by Gasteiger charge is -2.08. The Labute approximate surface area is 154 Å². The minimum atomic E-state index is -0.823. The number of rotatable bonds is 11. The lowest BCUT2D eigenvalue weighted by molar-refractivity contribution is -0.154. The monoisotopic (exact) mass is 389 g/mol. The Morgan fingerprint density at radius 3 is 2.42 bits per heavy atom. The zero-order valence-electron chi connectivity index (χ0n) is 13.3. The molecule has 0 fully saturated rings. The molecule has 0 atom stereocenters. The van der Waals surface area contributed by atoms with Gasteiger partial charge in [0.2, 0.25) is 11.7 Å². The highest BCUT2D eigenvalue weighted by Crippen LogP contribution is 2.33. The van der Waals surface area contributed by atoms with Gasteiger partial charge in [-0.2, -0.15) is 8.96 Å². The average Bonchev–Trinajstić information content (AvgIpc) is 2.55. The van der Waals surface area contributed by atoms with Crippen LogP contribution in [0, 0.1) is 0 Å². The fraction of sp³-hybridized carbons (Fsp3) is 0.438. The Morgan fingerprint density at radius 2 is 1.75 bits per heavy atom. The van der Waals surface area contributed by atoms with Crippen LogP contribution in [0.3, 0.4) is 0 Å². The molecule has 0 unspecified atom stereocenters. The quantitative estimate of drug-likeness (QED) is 0.154. The normalized spacial score (nSPS) is 10.8. The van der Waals surface area contributed by atoms with Gasteiger partial charge in [-0.1, -0.05) is 36.8 Å². The van der Waals surface area contributed by atoms with E-state index in [0.29, 0.717) is 18.7 Å². The number of hydrogen-bond donors (Lipinski definition) is 4. The van der Waals surface area contributed by atoms with Crippen LogP contribution in [-0.4, -0.2) is 30.0 Å². The minimum absolute atomic E-state index is 0.0633. The maximum absolute atomic E-state index is 11.7. The predicted molar refractivity (Wildman–Crippen MR) is 105 cm³/mol. The molecule has 134 valence electrons. The number of benzene rings is 1. The number of ketones is 1. The Bertz CT molecular complexity index is 537. The highest BCUT2D eigenvalue weighted by atomic mass is 33.5. The van der Waals surface area contributed by atoms with E-state index in [2.05, 4.69) is 28.6 Å². The van der Waals surface area contributed by atoms with E-state index >= 15 is 0 Å². The topological polar surface area (TPSA) is 72.5 Å². The van der Waals surface area contributed by atoms with Crippen molar-refractivity contribution in [3.8, 4) is 0 Å². The van der Waals surface area contributed by atoms with Gasteiger partial charge in [0, 0.05) is 13.0 Å². The summed E-state index contributed by atoms with van der Waals surface area (Å²) in [5.74, 6) is -1.03. The smallest absolute Gasteiger partial charge is 0.374 e. The second-order valence-corrected chi connectivity index (χ2v) is 10.1. The second kappa shape index (κ2) is 12.3. The molecule has 8 heteroatoms. The molecule has 1 amide bonds. The van der Waals surface area contributed by atoms with Crippen molar-refractivity contribution >= 4 is 49.9 Å². The van der Waals surface area contributed by atoms with E-state index in [-0.39, 0.29) is 18.9 Å².